The van der Waals surface area contributed by atoms with Gasteiger partial charge in [-0.3, -0.25) is 14.5 Å². The number of imide groups is 1. The minimum atomic E-state index is -0.967. The fourth-order valence-electron chi connectivity index (χ4n) is 1.86. The molecule has 2 rings (SSSR count). The third-order valence-electron chi connectivity index (χ3n) is 2.89. The molecule has 6 heteroatoms. The molecule has 0 aromatic heterocycles. The van der Waals surface area contributed by atoms with Gasteiger partial charge in [0.2, 0.25) is 0 Å². The van der Waals surface area contributed by atoms with Crippen LogP contribution >= 0.6 is 11.6 Å². The summed E-state index contributed by atoms with van der Waals surface area (Å²) in [4.78, 5) is 36.5. The molecule has 0 unspecified atom stereocenters. The zero-order valence-electron chi connectivity index (χ0n) is 10.6. The van der Waals surface area contributed by atoms with Crippen molar-refractivity contribution in [1.82, 2.24) is 10.2 Å². The zero-order chi connectivity index (χ0) is 14.2. The summed E-state index contributed by atoms with van der Waals surface area (Å²) in [6.07, 6.45) is 0. The molecule has 1 aliphatic rings. The van der Waals surface area contributed by atoms with E-state index in [0.717, 1.165) is 4.90 Å². The van der Waals surface area contributed by atoms with Crippen LogP contribution < -0.4 is 5.32 Å². The first kappa shape index (κ1) is 13.5. The summed E-state index contributed by atoms with van der Waals surface area (Å²) in [5.74, 6) is -0.739. The van der Waals surface area contributed by atoms with Gasteiger partial charge in [-0.05, 0) is 26.0 Å². The van der Waals surface area contributed by atoms with Crippen LogP contribution in [0.2, 0.25) is 5.02 Å². The number of carbonyl (C=O) groups excluding carboxylic acids is 3. The molecule has 1 aromatic carbocycles. The molecule has 1 saturated heterocycles. The predicted molar refractivity (Wildman–Crippen MR) is 70.1 cm³/mol. The molecular weight excluding hydrogens is 268 g/mol. The summed E-state index contributed by atoms with van der Waals surface area (Å²) in [6, 6.07) is 5.84. The molecule has 0 spiro atoms. The number of rotatable bonds is 3. The van der Waals surface area contributed by atoms with Crippen molar-refractivity contribution in [1.29, 1.82) is 0 Å². The molecule has 1 N–H and O–H groups in total. The van der Waals surface area contributed by atoms with Crippen molar-refractivity contribution in [3.63, 3.8) is 0 Å². The van der Waals surface area contributed by atoms with Crippen molar-refractivity contribution in [2.45, 2.75) is 19.4 Å². The Morgan fingerprint density at radius 2 is 2.05 bits per heavy atom. The number of nitrogens with one attached hydrogen (secondary N) is 1. The van der Waals surface area contributed by atoms with E-state index < -0.39 is 17.5 Å². The summed E-state index contributed by atoms with van der Waals surface area (Å²) in [7, 11) is 0. The quantitative estimate of drug-likeness (QED) is 0.679. The maximum absolute atomic E-state index is 12.0. The molecule has 1 aromatic rings. The van der Waals surface area contributed by atoms with E-state index in [-0.39, 0.29) is 12.3 Å². The van der Waals surface area contributed by atoms with E-state index >= 15 is 0 Å². The van der Waals surface area contributed by atoms with Gasteiger partial charge in [0.25, 0.3) is 5.91 Å². The number of hydrogen-bond acceptors (Lipinski definition) is 3. The smallest absolute Gasteiger partial charge is 0.324 e. The number of hydrogen-bond donors (Lipinski definition) is 1. The monoisotopic (exact) mass is 280 g/mol. The van der Waals surface area contributed by atoms with Crippen LogP contribution in [0, 0.1) is 0 Å². The minimum Gasteiger partial charge on any atom is -0.324 e. The van der Waals surface area contributed by atoms with Crippen LogP contribution in [0.25, 0.3) is 0 Å². The molecule has 0 bridgehead atoms. The van der Waals surface area contributed by atoms with Crippen LogP contribution in [0.3, 0.4) is 0 Å². The molecule has 3 amide bonds. The molecule has 0 radical (unpaired) electrons. The number of amides is 3. The van der Waals surface area contributed by atoms with Crippen LogP contribution in [0.1, 0.15) is 24.2 Å². The van der Waals surface area contributed by atoms with Crippen LogP contribution in [0.15, 0.2) is 24.3 Å². The van der Waals surface area contributed by atoms with Gasteiger partial charge >= 0.3 is 6.03 Å². The lowest BCUT2D eigenvalue weighted by Gasteiger charge is -2.15. The SMILES string of the molecule is CC1(C)NC(=O)N(CC(=O)c2cccc(Cl)c2)C1=O. The van der Waals surface area contributed by atoms with Gasteiger partial charge in [-0.1, -0.05) is 23.7 Å². The van der Waals surface area contributed by atoms with Gasteiger partial charge in [0.05, 0.1) is 6.54 Å². The Bertz CT molecular complexity index is 569. The average molecular weight is 281 g/mol. The Morgan fingerprint density at radius 1 is 1.37 bits per heavy atom. The van der Waals surface area contributed by atoms with E-state index in [1.807, 2.05) is 0 Å². The topological polar surface area (TPSA) is 66.5 Å². The van der Waals surface area contributed by atoms with Crippen molar-refractivity contribution < 1.29 is 14.4 Å². The molecule has 0 saturated carbocycles. The predicted octanol–water partition coefficient (Wildman–Crippen LogP) is 1.85. The van der Waals surface area contributed by atoms with E-state index in [0.29, 0.717) is 10.6 Å². The van der Waals surface area contributed by atoms with E-state index in [4.69, 9.17) is 11.6 Å². The first-order valence-electron chi connectivity index (χ1n) is 5.74. The summed E-state index contributed by atoms with van der Waals surface area (Å²) in [5.41, 5.74) is -0.594. The standard InChI is InChI=1S/C13H13ClN2O3/c1-13(2)11(18)16(12(19)15-13)7-10(17)8-4-3-5-9(14)6-8/h3-6H,7H2,1-2H3,(H,15,19). The maximum Gasteiger partial charge on any atom is 0.325 e. The van der Waals surface area contributed by atoms with Crippen molar-refractivity contribution >= 4 is 29.3 Å². The number of urea groups is 1. The Balaban J connectivity index is 2.16. The van der Waals surface area contributed by atoms with Gasteiger partial charge in [0, 0.05) is 10.6 Å². The normalized spacial score (nSPS) is 17.5. The number of ketones is 1. The first-order chi connectivity index (χ1) is 8.81. The molecule has 100 valence electrons. The summed E-state index contributed by atoms with van der Waals surface area (Å²) < 4.78 is 0. The summed E-state index contributed by atoms with van der Waals surface area (Å²) in [5, 5.41) is 2.95. The van der Waals surface area contributed by atoms with Crippen LogP contribution in [-0.2, 0) is 4.79 Å². The summed E-state index contributed by atoms with van der Waals surface area (Å²) in [6.45, 7) is 2.91. The number of benzene rings is 1. The molecule has 19 heavy (non-hydrogen) atoms. The highest BCUT2D eigenvalue weighted by atomic mass is 35.5. The molecule has 1 fully saturated rings. The highest BCUT2D eigenvalue weighted by molar-refractivity contribution is 6.31. The molecule has 1 heterocycles. The number of nitrogens with zero attached hydrogens (tertiary/aromatic N) is 1. The van der Waals surface area contributed by atoms with Crippen molar-refractivity contribution in [3.05, 3.63) is 34.9 Å². The fourth-order valence-corrected chi connectivity index (χ4v) is 2.05. The molecule has 5 nitrogen and oxygen atoms in total. The first-order valence-corrected chi connectivity index (χ1v) is 6.12. The number of carbonyl (C=O) groups is 3. The van der Waals surface area contributed by atoms with E-state index in [9.17, 15) is 14.4 Å². The highest BCUT2D eigenvalue weighted by Gasteiger charge is 2.44. The third-order valence-corrected chi connectivity index (χ3v) is 3.13. The molecule has 0 aliphatic carbocycles. The lowest BCUT2D eigenvalue weighted by molar-refractivity contribution is -0.129. The van der Waals surface area contributed by atoms with Gasteiger partial charge in [0.1, 0.15) is 5.54 Å². The van der Waals surface area contributed by atoms with Gasteiger partial charge in [-0.15, -0.1) is 0 Å². The average Bonchev–Trinajstić information content (AvgIpc) is 2.51. The highest BCUT2D eigenvalue weighted by Crippen LogP contribution is 2.18. The molecular formula is C13H13ClN2O3. The van der Waals surface area contributed by atoms with Crippen molar-refractivity contribution in [2.24, 2.45) is 0 Å². The Labute approximate surface area is 115 Å². The Hall–Kier alpha value is -1.88. The second-order valence-corrected chi connectivity index (χ2v) is 5.32. The van der Waals surface area contributed by atoms with Crippen LogP contribution in [0.4, 0.5) is 4.79 Å². The van der Waals surface area contributed by atoms with Crippen molar-refractivity contribution in [2.75, 3.05) is 6.54 Å². The zero-order valence-corrected chi connectivity index (χ0v) is 11.3. The largest absolute Gasteiger partial charge is 0.325 e. The van der Waals surface area contributed by atoms with E-state index in [1.165, 1.54) is 6.07 Å². The van der Waals surface area contributed by atoms with Gasteiger partial charge in [-0.25, -0.2) is 4.79 Å². The van der Waals surface area contributed by atoms with Crippen LogP contribution in [0.5, 0.6) is 0 Å². The van der Waals surface area contributed by atoms with Crippen molar-refractivity contribution in [3.8, 4) is 0 Å². The third kappa shape index (κ3) is 2.61. The molecule has 0 atom stereocenters. The van der Waals surface area contributed by atoms with Crippen LogP contribution in [-0.4, -0.2) is 34.7 Å². The van der Waals surface area contributed by atoms with E-state index in [2.05, 4.69) is 5.32 Å². The second kappa shape index (κ2) is 4.66. The fraction of sp³-hybridized carbons (Fsp3) is 0.308. The van der Waals surface area contributed by atoms with Gasteiger partial charge in [-0.2, -0.15) is 0 Å². The molecule has 1 aliphatic heterocycles. The lowest BCUT2D eigenvalue weighted by atomic mass is 10.1. The van der Waals surface area contributed by atoms with E-state index in [1.54, 1.807) is 32.0 Å². The maximum atomic E-state index is 12.0. The summed E-state index contributed by atoms with van der Waals surface area (Å²) >= 11 is 5.80. The number of Topliss-reactive ketones (excluding diaryl/α,β-unsaturated/α-hetero) is 1. The van der Waals surface area contributed by atoms with Gasteiger partial charge < -0.3 is 5.32 Å². The van der Waals surface area contributed by atoms with Gasteiger partial charge in [0.15, 0.2) is 5.78 Å². The minimum absolute atomic E-state index is 0.283. The second-order valence-electron chi connectivity index (χ2n) is 4.88. The Morgan fingerprint density at radius 3 is 2.58 bits per heavy atom. The Kier molecular flexibility index (Phi) is 3.32. The number of halogens is 1. The lowest BCUT2D eigenvalue weighted by Crippen LogP contribution is -2.41.